The molecule has 1 aromatic rings. The third kappa shape index (κ3) is 2.69. The molecule has 6 nitrogen and oxygen atoms in total. The zero-order valence-electron chi connectivity index (χ0n) is 13.6. The van der Waals surface area contributed by atoms with Gasteiger partial charge in [0.2, 0.25) is 5.91 Å². The van der Waals surface area contributed by atoms with E-state index in [-0.39, 0.29) is 5.91 Å². The summed E-state index contributed by atoms with van der Waals surface area (Å²) in [5.41, 5.74) is 5.47. The molecule has 0 saturated heterocycles. The normalized spacial score (nSPS) is 15.4. The summed E-state index contributed by atoms with van der Waals surface area (Å²) < 4.78 is 2.15. The van der Waals surface area contributed by atoms with E-state index in [1.165, 1.54) is 0 Å². The molecule has 0 aromatic carbocycles. The van der Waals surface area contributed by atoms with Crippen LogP contribution in [0.3, 0.4) is 0 Å². The molecule has 0 atom stereocenters. The second kappa shape index (κ2) is 6.13. The van der Waals surface area contributed by atoms with Crippen molar-refractivity contribution in [1.29, 1.82) is 0 Å². The summed E-state index contributed by atoms with van der Waals surface area (Å²) in [6, 6.07) is 0. The van der Waals surface area contributed by atoms with E-state index in [9.17, 15) is 4.79 Å². The summed E-state index contributed by atoms with van der Waals surface area (Å²) >= 11 is 0. The molecule has 0 unspecified atom stereocenters. The molecule has 0 radical (unpaired) electrons. The standard InChI is InChI=1S/C15H27N5O/c1-5-15(6-2,10-16)14(21)19-7-8-20-12(9-19)17-18-13(20)11(3)4/h11H,5-10,16H2,1-4H3. The fourth-order valence-electron chi connectivity index (χ4n) is 3.04. The average molecular weight is 293 g/mol. The molecule has 1 amide bonds. The lowest BCUT2D eigenvalue weighted by Gasteiger charge is -2.37. The van der Waals surface area contributed by atoms with Gasteiger partial charge in [-0.3, -0.25) is 4.79 Å². The molecule has 0 spiro atoms. The highest BCUT2D eigenvalue weighted by Gasteiger charge is 2.38. The van der Waals surface area contributed by atoms with Crippen molar-refractivity contribution in [1.82, 2.24) is 19.7 Å². The summed E-state index contributed by atoms with van der Waals surface area (Å²) in [7, 11) is 0. The number of nitrogens with two attached hydrogens (primary N) is 1. The van der Waals surface area contributed by atoms with Crippen LogP contribution in [-0.4, -0.2) is 38.7 Å². The number of nitrogens with zero attached hydrogens (tertiary/aromatic N) is 4. The summed E-state index contributed by atoms with van der Waals surface area (Å²) in [4.78, 5) is 14.7. The van der Waals surface area contributed by atoms with Crippen LogP contribution in [0.15, 0.2) is 0 Å². The largest absolute Gasteiger partial charge is 0.333 e. The van der Waals surface area contributed by atoms with Crippen LogP contribution >= 0.6 is 0 Å². The smallest absolute Gasteiger partial charge is 0.230 e. The van der Waals surface area contributed by atoms with Gasteiger partial charge in [0.05, 0.1) is 12.0 Å². The Morgan fingerprint density at radius 1 is 1.29 bits per heavy atom. The highest BCUT2D eigenvalue weighted by molar-refractivity contribution is 5.83. The first-order valence-corrected chi connectivity index (χ1v) is 7.90. The molecular weight excluding hydrogens is 266 g/mol. The monoisotopic (exact) mass is 293 g/mol. The Bertz CT molecular complexity index is 496. The van der Waals surface area contributed by atoms with Gasteiger partial charge in [0, 0.05) is 25.6 Å². The summed E-state index contributed by atoms with van der Waals surface area (Å²) in [5, 5.41) is 8.52. The van der Waals surface area contributed by atoms with Crippen molar-refractivity contribution in [3.8, 4) is 0 Å². The van der Waals surface area contributed by atoms with Crippen molar-refractivity contribution in [2.24, 2.45) is 11.1 Å². The van der Waals surface area contributed by atoms with Crippen LogP contribution in [0.5, 0.6) is 0 Å². The van der Waals surface area contributed by atoms with Crippen LogP contribution in [-0.2, 0) is 17.9 Å². The minimum atomic E-state index is -0.428. The molecule has 1 aromatic heterocycles. The van der Waals surface area contributed by atoms with Gasteiger partial charge >= 0.3 is 0 Å². The van der Waals surface area contributed by atoms with E-state index >= 15 is 0 Å². The van der Waals surface area contributed by atoms with Gasteiger partial charge in [-0.15, -0.1) is 10.2 Å². The Morgan fingerprint density at radius 3 is 2.48 bits per heavy atom. The van der Waals surface area contributed by atoms with Crippen LogP contribution in [0.2, 0.25) is 0 Å². The van der Waals surface area contributed by atoms with Crippen LogP contribution in [0.25, 0.3) is 0 Å². The van der Waals surface area contributed by atoms with E-state index in [1.54, 1.807) is 0 Å². The third-order valence-corrected chi connectivity index (χ3v) is 4.78. The number of carbonyl (C=O) groups is 1. The molecule has 0 fully saturated rings. The molecule has 2 N–H and O–H groups in total. The SMILES string of the molecule is CCC(CC)(CN)C(=O)N1CCn2c(nnc2C(C)C)C1. The van der Waals surface area contributed by atoms with Crippen LogP contribution in [0.4, 0.5) is 0 Å². The van der Waals surface area contributed by atoms with E-state index in [4.69, 9.17) is 5.73 Å². The quantitative estimate of drug-likeness (QED) is 0.892. The number of rotatable bonds is 5. The van der Waals surface area contributed by atoms with Crippen molar-refractivity contribution in [2.45, 2.75) is 59.5 Å². The minimum Gasteiger partial charge on any atom is -0.333 e. The maximum Gasteiger partial charge on any atom is 0.230 e. The Morgan fingerprint density at radius 2 is 1.95 bits per heavy atom. The van der Waals surface area contributed by atoms with Crippen LogP contribution in [0.1, 0.15) is 58.1 Å². The van der Waals surface area contributed by atoms with Crippen molar-refractivity contribution >= 4 is 5.91 Å². The Labute approximate surface area is 126 Å². The predicted molar refractivity (Wildman–Crippen MR) is 81.6 cm³/mol. The number of carbonyl (C=O) groups excluding carboxylic acids is 1. The molecule has 2 rings (SSSR count). The molecule has 0 aliphatic carbocycles. The van der Waals surface area contributed by atoms with Crippen LogP contribution < -0.4 is 5.73 Å². The van der Waals surface area contributed by atoms with Gasteiger partial charge < -0.3 is 15.2 Å². The number of hydrogen-bond acceptors (Lipinski definition) is 4. The first-order chi connectivity index (χ1) is 9.99. The molecule has 118 valence electrons. The van der Waals surface area contributed by atoms with Crippen molar-refractivity contribution in [2.75, 3.05) is 13.1 Å². The highest BCUT2D eigenvalue weighted by Crippen LogP contribution is 2.29. The zero-order chi connectivity index (χ0) is 15.6. The van der Waals surface area contributed by atoms with Gasteiger partial charge in [0.15, 0.2) is 5.82 Å². The van der Waals surface area contributed by atoms with Gasteiger partial charge in [0.1, 0.15) is 5.82 Å². The Hall–Kier alpha value is -1.43. The van der Waals surface area contributed by atoms with E-state index in [2.05, 4.69) is 28.6 Å². The predicted octanol–water partition coefficient (Wildman–Crippen LogP) is 1.51. The minimum absolute atomic E-state index is 0.162. The van der Waals surface area contributed by atoms with Crippen LogP contribution in [0, 0.1) is 5.41 Å². The second-order valence-electron chi connectivity index (χ2n) is 6.20. The fraction of sp³-hybridized carbons (Fsp3) is 0.800. The topological polar surface area (TPSA) is 77.0 Å². The van der Waals surface area contributed by atoms with E-state index < -0.39 is 5.41 Å². The molecular formula is C15H27N5O. The maximum absolute atomic E-state index is 12.9. The van der Waals surface area contributed by atoms with E-state index in [0.29, 0.717) is 25.6 Å². The average Bonchev–Trinajstić information content (AvgIpc) is 2.92. The Balaban J connectivity index is 2.20. The first-order valence-electron chi connectivity index (χ1n) is 7.90. The maximum atomic E-state index is 12.9. The zero-order valence-corrected chi connectivity index (χ0v) is 13.6. The van der Waals surface area contributed by atoms with Crippen molar-refractivity contribution in [3.05, 3.63) is 11.6 Å². The van der Waals surface area contributed by atoms with Crippen molar-refractivity contribution < 1.29 is 4.79 Å². The van der Waals surface area contributed by atoms with Gasteiger partial charge in [-0.05, 0) is 12.8 Å². The Kier molecular flexibility index (Phi) is 4.66. The van der Waals surface area contributed by atoms with E-state index in [1.807, 2.05) is 18.7 Å². The molecule has 1 aliphatic rings. The third-order valence-electron chi connectivity index (χ3n) is 4.78. The summed E-state index contributed by atoms with van der Waals surface area (Å²) in [6.45, 7) is 10.7. The molecule has 6 heteroatoms. The van der Waals surface area contributed by atoms with Gasteiger partial charge in [-0.2, -0.15) is 0 Å². The first kappa shape index (κ1) is 15.9. The summed E-state index contributed by atoms with van der Waals surface area (Å²) in [5.74, 6) is 2.41. The lowest BCUT2D eigenvalue weighted by molar-refractivity contribution is -0.143. The number of aromatic nitrogens is 3. The fourth-order valence-corrected chi connectivity index (χ4v) is 3.04. The molecule has 2 heterocycles. The summed E-state index contributed by atoms with van der Waals surface area (Å²) in [6.07, 6.45) is 1.55. The van der Waals surface area contributed by atoms with Gasteiger partial charge in [-0.25, -0.2) is 0 Å². The molecule has 0 saturated carbocycles. The van der Waals surface area contributed by atoms with Gasteiger partial charge in [0.25, 0.3) is 0 Å². The highest BCUT2D eigenvalue weighted by atomic mass is 16.2. The van der Waals surface area contributed by atoms with E-state index in [0.717, 1.165) is 31.0 Å². The molecule has 1 aliphatic heterocycles. The number of fused-ring (bicyclic) bond motifs is 1. The van der Waals surface area contributed by atoms with Crippen molar-refractivity contribution in [3.63, 3.8) is 0 Å². The lowest BCUT2D eigenvalue weighted by Crippen LogP contribution is -2.50. The lowest BCUT2D eigenvalue weighted by atomic mass is 9.81. The second-order valence-corrected chi connectivity index (χ2v) is 6.20. The number of amides is 1. The molecule has 21 heavy (non-hydrogen) atoms. The molecule has 0 bridgehead atoms. The number of hydrogen-bond donors (Lipinski definition) is 1. The van der Waals surface area contributed by atoms with Gasteiger partial charge in [-0.1, -0.05) is 27.7 Å².